The van der Waals surface area contributed by atoms with E-state index in [0.29, 0.717) is 0 Å². The summed E-state index contributed by atoms with van der Waals surface area (Å²) in [6.45, 7) is 1.34. The molecule has 0 amide bonds. The van der Waals surface area contributed by atoms with Crippen molar-refractivity contribution >= 4 is 11.8 Å². The van der Waals surface area contributed by atoms with Gasteiger partial charge in [-0.15, -0.1) is 0 Å². The van der Waals surface area contributed by atoms with E-state index in [0.717, 1.165) is 0 Å². The largest absolute Gasteiger partial charge is 1.00 e. The molecule has 0 fully saturated rings. The van der Waals surface area contributed by atoms with Crippen LogP contribution >= 0.6 is 0 Å². The van der Waals surface area contributed by atoms with E-state index in [2.05, 4.69) is 4.74 Å². The first kappa shape index (κ1) is 11.9. The third kappa shape index (κ3) is 8.14. The number of ketones is 1. The molecular weight excluding hydrogens is 131 g/mol. The van der Waals surface area contributed by atoms with E-state index in [1.54, 1.807) is 0 Å². The van der Waals surface area contributed by atoms with Crippen molar-refractivity contribution in [2.75, 3.05) is 7.11 Å². The molecule has 0 aliphatic heterocycles. The molecule has 0 radical (unpaired) electrons. The van der Waals surface area contributed by atoms with Gasteiger partial charge in [0.15, 0.2) is 0 Å². The number of esters is 1. The van der Waals surface area contributed by atoms with E-state index >= 15 is 0 Å². The Morgan fingerprint density at radius 3 is 2.11 bits per heavy atom. The van der Waals surface area contributed by atoms with Crippen LogP contribution in [0.2, 0.25) is 0 Å². The molecule has 4 heteroatoms. The number of rotatable bonds is 2. The van der Waals surface area contributed by atoms with Gasteiger partial charge in [0, 0.05) is 0 Å². The Morgan fingerprint density at radius 1 is 1.56 bits per heavy atom. The molecule has 0 saturated heterocycles. The molecule has 0 aliphatic carbocycles. The number of carbonyl (C=O) groups excluding carboxylic acids is 2. The zero-order chi connectivity index (χ0) is 6.57. The molecule has 0 unspecified atom stereocenters. The third-order valence-corrected chi connectivity index (χ3v) is 0.621. The van der Waals surface area contributed by atoms with Crippen LogP contribution in [-0.2, 0) is 14.3 Å². The summed E-state index contributed by atoms with van der Waals surface area (Å²) >= 11 is 0. The molecule has 0 aliphatic rings. The minimum atomic E-state index is -0.475. The van der Waals surface area contributed by atoms with Crippen LogP contribution in [0.3, 0.4) is 0 Å². The Hall–Kier alpha value is 0.140. The fraction of sp³-hybridized carbons (Fsp3) is 0.600. The minimum absolute atomic E-state index is 0. The maximum absolute atomic E-state index is 10.2. The third-order valence-electron chi connectivity index (χ3n) is 0.621. The second-order valence-corrected chi connectivity index (χ2v) is 1.45. The maximum Gasteiger partial charge on any atom is 1.00 e. The van der Waals surface area contributed by atoms with Gasteiger partial charge in [-0.25, -0.2) is 0 Å². The molecule has 0 aromatic carbocycles. The van der Waals surface area contributed by atoms with Crippen molar-refractivity contribution in [1.29, 1.82) is 0 Å². The summed E-state index contributed by atoms with van der Waals surface area (Å²) < 4.78 is 4.20. The van der Waals surface area contributed by atoms with E-state index in [1.165, 1.54) is 14.0 Å². The zero-order valence-electron chi connectivity index (χ0n) is 6.93. The van der Waals surface area contributed by atoms with Gasteiger partial charge in [0.05, 0.1) is 7.11 Å². The molecule has 0 heterocycles. The minimum Gasteiger partial charge on any atom is -1.00 e. The van der Waals surface area contributed by atoms with Gasteiger partial charge in [0.2, 0.25) is 0 Å². The Labute approximate surface area is 77.5 Å². The normalized spacial score (nSPS) is 7.33. The van der Waals surface area contributed by atoms with Crippen LogP contribution in [0.15, 0.2) is 0 Å². The molecule has 9 heavy (non-hydrogen) atoms. The van der Waals surface area contributed by atoms with Gasteiger partial charge in [0.25, 0.3) is 0 Å². The molecule has 0 atom stereocenters. The monoisotopic (exact) mass is 140 g/mol. The van der Waals surface area contributed by atoms with Crippen molar-refractivity contribution in [3.63, 3.8) is 0 Å². The van der Waals surface area contributed by atoms with Gasteiger partial charge >= 0.3 is 35.5 Å². The van der Waals surface area contributed by atoms with Crippen LogP contribution in [0.25, 0.3) is 0 Å². The van der Waals surface area contributed by atoms with Crippen molar-refractivity contribution < 1.29 is 45.3 Å². The van der Waals surface area contributed by atoms with Crippen molar-refractivity contribution in [3.05, 3.63) is 0 Å². The molecule has 0 aromatic heterocycles. The fourth-order valence-electron chi connectivity index (χ4n) is 0.275. The summed E-state index contributed by atoms with van der Waals surface area (Å²) in [5, 5.41) is 0. The van der Waals surface area contributed by atoms with Crippen molar-refractivity contribution in [3.8, 4) is 0 Å². The van der Waals surface area contributed by atoms with Gasteiger partial charge in [-0.2, -0.15) is 0 Å². The molecule has 0 bridgehead atoms. The number of Topliss-reactive ketones (excluding diaryl/α,β-unsaturated/α-hetero) is 1. The Morgan fingerprint density at radius 2 is 2.00 bits per heavy atom. The number of ether oxygens (including phenoxy) is 1. The molecule has 48 valence electrons. The van der Waals surface area contributed by atoms with Crippen LogP contribution < -0.4 is 29.6 Å². The first-order valence-electron chi connectivity index (χ1n) is 2.23. The predicted octanol–water partition coefficient (Wildman–Crippen LogP) is -2.74. The molecule has 0 spiro atoms. The molecule has 0 saturated carbocycles. The van der Waals surface area contributed by atoms with Crippen LogP contribution in [0.4, 0.5) is 0 Å². The number of hydrogen-bond donors (Lipinski definition) is 0. The first-order chi connectivity index (χ1) is 3.66. The molecular formula is C5H9NaO3. The second-order valence-electron chi connectivity index (χ2n) is 1.45. The zero-order valence-corrected chi connectivity index (χ0v) is 7.93. The quantitative estimate of drug-likeness (QED) is 0.237. The standard InChI is InChI=1S/C5H8O3.Na.H/c1-4(6)3-5(7)8-2;;/h3H2,1-2H3;;/q;+1;-1. The maximum atomic E-state index is 10.2. The van der Waals surface area contributed by atoms with Gasteiger partial charge in [0.1, 0.15) is 12.2 Å². The summed E-state index contributed by atoms with van der Waals surface area (Å²) in [6, 6.07) is 0. The first-order valence-corrected chi connectivity index (χ1v) is 2.23. The molecule has 3 nitrogen and oxygen atoms in total. The van der Waals surface area contributed by atoms with Crippen molar-refractivity contribution in [2.24, 2.45) is 0 Å². The summed E-state index contributed by atoms with van der Waals surface area (Å²) in [6.07, 6.45) is -0.115. The Balaban J connectivity index is -0.000000245. The van der Waals surface area contributed by atoms with E-state index in [-0.39, 0.29) is 43.2 Å². The van der Waals surface area contributed by atoms with Gasteiger partial charge < -0.3 is 6.16 Å². The van der Waals surface area contributed by atoms with Crippen LogP contribution in [0.1, 0.15) is 14.8 Å². The number of hydrogen-bond acceptors (Lipinski definition) is 3. The van der Waals surface area contributed by atoms with E-state index in [9.17, 15) is 9.59 Å². The number of carbonyl (C=O) groups is 2. The van der Waals surface area contributed by atoms with E-state index in [1.807, 2.05) is 0 Å². The molecule has 0 aromatic rings. The SMILES string of the molecule is COC(=O)CC(C)=O.[H-].[Na+]. The van der Waals surface area contributed by atoms with Crippen LogP contribution in [-0.4, -0.2) is 18.9 Å². The van der Waals surface area contributed by atoms with E-state index < -0.39 is 5.97 Å². The van der Waals surface area contributed by atoms with Gasteiger partial charge in [-0.1, -0.05) is 0 Å². The topological polar surface area (TPSA) is 43.4 Å². The fourth-order valence-corrected chi connectivity index (χ4v) is 0.275. The van der Waals surface area contributed by atoms with Crippen LogP contribution in [0.5, 0.6) is 0 Å². The Kier molecular flexibility index (Phi) is 8.27. The molecule has 0 N–H and O–H groups in total. The average molecular weight is 140 g/mol. The van der Waals surface area contributed by atoms with Gasteiger partial charge in [-0.05, 0) is 6.92 Å². The molecule has 0 rings (SSSR count). The van der Waals surface area contributed by atoms with Crippen molar-refractivity contribution in [1.82, 2.24) is 0 Å². The average Bonchev–Trinajstić information content (AvgIpc) is 1.65. The Bertz CT molecular complexity index is 115. The smallest absolute Gasteiger partial charge is 1.00 e. The van der Waals surface area contributed by atoms with Crippen molar-refractivity contribution in [2.45, 2.75) is 13.3 Å². The van der Waals surface area contributed by atoms with Crippen LogP contribution in [0, 0.1) is 0 Å². The summed E-state index contributed by atoms with van der Waals surface area (Å²) in [7, 11) is 1.26. The number of methoxy groups -OCH3 is 1. The summed E-state index contributed by atoms with van der Waals surface area (Å²) in [4.78, 5) is 20.3. The second kappa shape index (κ2) is 6.26. The predicted molar refractivity (Wildman–Crippen MR) is 28.4 cm³/mol. The summed E-state index contributed by atoms with van der Waals surface area (Å²) in [5.74, 6) is -0.644. The van der Waals surface area contributed by atoms with Gasteiger partial charge in [-0.3, -0.25) is 9.59 Å². The summed E-state index contributed by atoms with van der Waals surface area (Å²) in [5.41, 5.74) is 0. The van der Waals surface area contributed by atoms with E-state index in [4.69, 9.17) is 0 Å².